The lowest BCUT2D eigenvalue weighted by atomic mass is 9.97. The van der Waals surface area contributed by atoms with Gasteiger partial charge in [0.2, 0.25) is 53.2 Å². The molecule has 2 aromatic rings. The smallest absolute Gasteiger partial charge is 0.326 e. The van der Waals surface area contributed by atoms with Crippen molar-refractivity contribution in [1.82, 2.24) is 41.8 Å². The molecule has 60 heavy (non-hydrogen) atoms. The van der Waals surface area contributed by atoms with Gasteiger partial charge in [0.15, 0.2) is 0 Å². The van der Waals surface area contributed by atoms with E-state index in [0.717, 1.165) is 10.9 Å². The average Bonchev–Trinajstić information content (AvgIpc) is 3.88. The Hall–Kier alpha value is -6.58. The van der Waals surface area contributed by atoms with Crippen molar-refractivity contribution in [3.05, 3.63) is 36.0 Å². The van der Waals surface area contributed by atoms with Gasteiger partial charge in [0.1, 0.15) is 30.2 Å². The highest BCUT2D eigenvalue weighted by Crippen LogP contribution is 2.20. The number of primary amides is 2. The Morgan fingerprint density at radius 1 is 0.817 bits per heavy atom. The topological polar surface area (TPSA) is 360 Å². The van der Waals surface area contributed by atoms with Gasteiger partial charge in [-0.05, 0) is 43.2 Å². The number of H-pyrrole nitrogens is 1. The molecular weight excluding hydrogens is 786 g/mol. The molecule has 22 heteroatoms. The summed E-state index contributed by atoms with van der Waals surface area (Å²) in [6.45, 7) is 2.09. The van der Waals surface area contributed by atoms with Crippen molar-refractivity contribution in [1.29, 1.82) is 0 Å². The maximum absolute atomic E-state index is 13.9. The summed E-state index contributed by atoms with van der Waals surface area (Å²) in [4.78, 5) is 131. The summed E-state index contributed by atoms with van der Waals surface area (Å²) in [6, 6.07) is 0.999. The highest BCUT2D eigenvalue weighted by Gasteiger charge is 2.36. The van der Waals surface area contributed by atoms with Crippen molar-refractivity contribution in [2.75, 3.05) is 26.2 Å². The fourth-order valence-corrected chi connectivity index (χ4v) is 6.57. The van der Waals surface area contributed by atoms with Crippen molar-refractivity contribution >= 4 is 70.0 Å². The van der Waals surface area contributed by atoms with E-state index in [-0.39, 0.29) is 38.6 Å². The van der Waals surface area contributed by atoms with E-state index in [0.29, 0.717) is 31.4 Å². The molecule has 2 heterocycles. The first-order valence-corrected chi connectivity index (χ1v) is 19.5. The number of aliphatic carboxylic acids is 1. The summed E-state index contributed by atoms with van der Waals surface area (Å²) in [5, 5.41) is 25.0. The summed E-state index contributed by atoms with van der Waals surface area (Å²) in [7, 11) is 0. The molecule has 6 unspecified atom stereocenters. The summed E-state index contributed by atoms with van der Waals surface area (Å²) in [5.74, 6) is -8.63. The number of carbonyl (C=O) groups excluding carboxylic acids is 9. The van der Waals surface area contributed by atoms with E-state index in [9.17, 15) is 53.1 Å². The minimum atomic E-state index is -1.45. The molecule has 0 spiro atoms. The van der Waals surface area contributed by atoms with Crippen LogP contribution < -0.4 is 49.1 Å². The molecule has 0 aliphatic carbocycles. The number of hydrogen-bond acceptors (Lipinski definition) is 11. The Balaban J connectivity index is 1.73. The minimum Gasteiger partial charge on any atom is -0.480 e. The lowest BCUT2D eigenvalue weighted by Gasteiger charge is -2.27. The largest absolute Gasteiger partial charge is 0.480 e. The molecule has 14 N–H and O–H groups in total. The Labute approximate surface area is 345 Å². The van der Waals surface area contributed by atoms with E-state index in [4.69, 9.17) is 17.2 Å². The van der Waals surface area contributed by atoms with Gasteiger partial charge in [-0.15, -0.1) is 0 Å². The zero-order chi connectivity index (χ0) is 44.5. The van der Waals surface area contributed by atoms with Gasteiger partial charge in [-0.1, -0.05) is 38.5 Å². The molecule has 9 amide bonds. The number of para-hydroxylation sites is 1. The maximum atomic E-state index is 13.9. The standard InChI is InChI=1S/C38H55N11O11/c1-3-20(2)33(48-31(53)19-43-34(55)24(10-12-28(40)50)46-36(57)27-9-6-14-49(27)32(54)16-39)37(58)47-26(15-21-17-42-23-8-5-4-7-22(21)23)35(56)44-18-30(52)45-25(38(59)60)11-13-29(41)51/h4-5,7-8,17,20,24-27,33,42H,3,6,9-16,18-19,39H2,1-2H3,(H2,40,50)(H2,41,51)(H,43,55)(H,44,56)(H,45,52)(H,46,57)(H,47,58)(H,48,53)(H,59,60). The van der Waals surface area contributed by atoms with Crippen LogP contribution >= 0.6 is 0 Å². The van der Waals surface area contributed by atoms with Crippen LogP contribution in [0.15, 0.2) is 30.5 Å². The zero-order valence-corrected chi connectivity index (χ0v) is 33.5. The lowest BCUT2D eigenvalue weighted by molar-refractivity contribution is -0.142. The van der Waals surface area contributed by atoms with Crippen molar-refractivity contribution in [3.8, 4) is 0 Å². The van der Waals surface area contributed by atoms with Crippen LogP contribution in [0.3, 0.4) is 0 Å². The van der Waals surface area contributed by atoms with Gasteiger partial charge in [0, 0.05) is 42.9 Å². The number of amides is 9. The van der Waals surface area contributed by atoms with Crippen LogP contribution in [0.4, 0.5) is 0 Å². The number of aromatic nitrogens is 1. The van der Waals surface area contributed by atoms with Crippen LogP contribution in [0.5, 0.6) is 0 Å². The number of nitrogens with one attached hydrogen (secondary N) is 7. The number of nitrogens with two attached hydrogens (primary N) is 3. The van der Waals surface area contributed by atoms with Gasteiger partial charge in [0.05, 0.1) is 19.6 Å². The third-order valence-corrected chi connectivity index (χ3v) is 10.1. The lowest BCUT2D eigenvalue weighted by Crippen LogP contribution is -2.58. The number of aromatic amines is 1. The van der Waals surface area contributed by atoms with Crippen LogP contribution in [0.2, 0.25) is 0 Å². The number of fused-ring (bicyclic) bond motifs is 1. The molecule has 3 rings (SSSR count). The third-order valence-electron chi connectivity index (χ3n) is 10.1. The number of rotatable bonds is 24. The van der Waals surface area contributed by atoms with Gasteiger partial charge in [-0.25, -0.2) is 4.79 Å². The molecule has 1 aliphatic heterocycles. The first kappa shape index (κ1) is 47.8. The molecule has 1 aromatic heterocycles. The van der Waals surface area contributed by atoms with Gasteiger partial charge < -0.3 is 64.1 Å². The van der Waals surface area contributed by atoms with Crippen LogP contribution in [0, 0.1) is 5.92 Å². The zero-order valence-electron chi connectivity index (χ0n) is 33.5. The van der Waals surface area contributed by atoms with E-state index in [2.05, 4.69) is 36.9 Å². The predicted molar refractivity (Wildman–Crippen MR) is 213 cm³/mol. The number of carbonyl (C=O) groups is 10. The monoisotopic (exact) mass is 841 g/mol. The van der Waals surface area contributed by atoms with Crippen molar-refractivity contribution in [3.63, 3.8) is 0 Å². The number of hydrogen-bond donors (Lipinski definition) is 11. The molecule has 22 nitrogen and oxygen atoms in total. The molecule has 0 radical (unpaired) electrons. The van der Waals surface area contributed by atoms with E-state index in [1.54, 1.807) is 38.2 Å². The van der Waals surface area contributed by atoms with Crippen molar-refractivity contribution in [2.45, 2.75) is 95.4 Å². The number of carboxylic acids is 1. The summed E-state index contributed by atoms with van der Waals surface area (Å²) in [5.41, 5.74) is 17.2. The van der Waals surface area contributed by atoms with Gasteiger partial charge in [-0.3, -0.25) is 43.2 Å². The van der Waals surface area contributed by atoms with E-state index >= 15 is 0 Å². The molecule has 1 aliphatic rings. The molecule has 1 aromatic carbocycles. The van der Waals surface area contributed by atoms with Gasteiger partial charge in [-0.2, -0.15) is 0 Å². The summed E-state index contributed by atoms with van der Waals surface area (Å²) >= 11 is 0. The summed E-state index contributed by atoms with van der Waals surface area (Å²) in [6.07, 6.45) is 1.75. The highest BCUT2D eigenvalue weighted by atomic mass is 16.4. The van der Waals surface area contributed by atoms with Crippen molar-refractivity contribution < 1.29 is 53.1 Å². The molecule has 0 bridgehead atoms. The Morgan fingerprint density at radius 2 is 1.42 bits per heavy atom. The molecule has 0 saturated carbocycles. The van der Waals surface area contributed by atoms with Gasteiger partial charge in [0.25, 0.3) is 0 Å². The minimum absolute atomic E-state index is 0.0752. The number of nitrogens with zero attached hydrogens (tertiary/aromatic N) is 1. The Kier molecular flexibility index (Phi) is 18.4. The van der Waals surface area contributed by atoms with Gasteiger partial charge >= 0.3 is 5.97 Å². The fourth-order valence-electron chi connectivity index (χ4n) is 6.57. The highest BCUT2D eigenvalue weighted by molar-refractivity contribution is 5.97. The SMILES string of the molecule is CCC(C)C(NC(=O)CNC(=O)C(CCC(N)=O)NC(=O)C1CCCN1C(=O)CN)C(=O)NC(Cc1c[nH]c2ccccc12)C(=O)NCC(=O)NC(CCC(N)=O)C(=O)O. The summed E-state index contributed by atoms with van der Waals surface area (Å²) < 4.78 is 0. The first-order valence-electron chi connectivity index (χ1n) is 19.5. The normalized spacial score (nSPS) is 16.0. The van der Waals surface area contributed by atoms with Crippen LogP contribution in [-0.4, -0.2) is 131 Å². The maximum Gasteiger partial charge on any atom is 0.326 e. The number of likely N-dealkylation sites (tertiary alicyclic amines) is 1. The van der Waals surface area contributed by atoms with E-state index in [1.807, 2.05) is 6.07 Å². The molecular formula is C38H55N11O11. The molecule has 1 fully saturated rings. The van der Waals surface area contributed by atoms with E-state index < -0.39 is 108 Å². The fraction of sp³-hybridized carbons (Fsp3) is 0.526. The van der Waals surface area contributed by atoms with Crippen LogP contribution in [-0.2, 0) is 54.4 Å². The van der Waals surface area contributed by atoms with Crippen LogP contribution in [0.1, 0.15) is 64.4 Å². The number of carboxylic acid groups (broad SMARTS) is 1. The van der Waals surface area contributed by atoms with E-state index in [1.165, 1.54) is 4.90 Å². The molecule has 1 saturated heterocycles. The predicted octanol–water partition coefficient (Wildman–Crippen LogP) is -3.51. The molecule has 328 valence electrons. The Bertz CT molecular complexity index is 1920. The molecule has 6 atom stereocenters. The first-order chi connectivity index (χ1) is 28.4. The average molecular weight is 842 g/mol. The van der Waals surface area contributed by atoms with Crippen LogP contribution in [0.25, 0.3) is 10.9 Å². The quantitative estimate of drug-likeness (QED) is 0.0491. The Morgan fingerprint density at radius 3 is 2.02 bits per heavy atom. The van der Waals surface area contributed by atoms with Crippen molar-refractivity contribution in [2.24, 2.45) is 23.1 Å². The third kappa shape index (κ3) is 14.4. The second kappa shape index (κ2) is 23.1. The number of benzene rings is 1. The second-order valence-corrected chi connectivity index (χ2v) is 14.5. The second-order valence-electron chi connectivity index (χ2n) is 14.5.